The van der Waals surface area contributed by atoms with E-state index in [0.29, 0.717) is 22.1 Å². The molecule has 0 fully saturated rings. The van der Waals surface area contributed by atoms with E-state index in [0.717, 1.165) is 0 Å². The largest absolute Gasteiger partial charge is 0.411 e. The monoisotopic (exact) mass is 229 g/mol. The number of nitrogens with zero attached hydrogens (tertiary/aromatic N) is 2. The van der Waals surface area contributed by atoms with Crippen LogP contribution in [-0.4, -0.2) is 22.4 Å². The molecule has 0 aliphatic heterocycles. The van der Waals surface area contributed by atoms with Crippen LogP contribution in [0.2, 0.25) is 0 Å². The minimum absolute atomic E-state index is 0.0138. The summed E-state index contributed by atoms with van der Waals surface area (Å²) in [6.07, 6.45) is 0. The molecule has 2 N–H and O–H groups in total. The Morgan fingerprint density at radius 2 is 2.47 bits per heavy atom. The average Bonchev–Trinajstić information content (AvgIpc) is 2.61. The van der Waals surface area contributed by atoms with E-state index in [-0.39, 0.29) is 5.69 Å². The van der Waals surface area contributed by atoms with Gasteiger partial charge >= 0.3 is 5.69 Å². The van der Waals surface area contributed by atoms with E-state index >= 15 is 0 Å². The van der Waals surface area contributed by atoms with Crippen molar-refractivity contribution in [3.8, 4) is 0 Å². The van der Waals surface area contributed by atoms with E-state index in [4.69, 9.17) is 5.21 Å². The van der Waals surface area contributed by atoms with Crippen molar-refractivity contribution in [3.05, 3.63) is 21.1 Å². The maximum atomic E-state index is 10.7. The number of anilines is 1. The third-order valence-corrected chi connectivity index (χ3v) is 2.94. The molecule has 7 heteroatoms. The van der Waals surface area contributed by atoms with Crippen LogP contribution in [0, 0.1) is 10.1 Å². The first-order chi connectivity index (χ1) is 7.10. The Bertz CT molecular complexity index is 400. The summed E-state index contributed by atoms with van der Waals surface area (Å²) in [5.41, 5.74) is 0.382. The van der Waals surface area contributed by atoms with Gasteiger partial charge in [-0.2, -0.15) is 0 Å². The fourth-order valence-corrected chi connectivity index (χ4v) is 2.07. The summed E-state index contributed by atoms with van der Waals surface area (Å²) < 4.78 is 0. The quantitative estimate of drug-likeness (QED) is 0.359. The van der Waals surface area contributed by atoms with Crippen LogP contribution in [0.15, 0.2) is 11.2 Å². The van der Waals surface area contributed by atoms with Crippen LogP contribution >= 0.6 is 11.3 Å². The minimum Gasteiger partial charge on any atom is -0.411 e. The van der Waals surface area contributed by atoms with Gasteiger partial charge in [-0.15, -0.1) is 11.3 Å². The molecule has 6 nitrogen and oxygen atoms in total. The average molecular weight is 229 g/mol. The molecule has 0 saturated heterocycles. The molecule has 1 aromatic rings. The van der Waals surface area contributed by atoms with E-state index in [9.17, 15) is 10.1 Å². The molecule has 0 saturated carbocycles. The summed E-state index contributed by atoms with van der Waals surface area (Å²) >= 11 is 1.20. The van der Waals surface area contributed by atoms with Gasteiger partial charge in [0.15, 0.2) is 5.00 Å². The van der Waals surface area contributed by atoms with Crippen LogP contribution in [0.25, 0.3) is 0 Å². The predicted octanol–water partition coefficient (Wildman–Crippen LogP) is 2.29. The maximum Gasteiger partial charge on any atom is 0.304 e. The van der Waals surface area contributed by atoms with Gasteiger partial charge < -0.3 is 10.5 Å². The van der Waals surface area contributed by atoms with Crippen LogP contribution in [-0.2, 0) is 0 Å². The van der Waals surface area contributed by atoms with Crippen LogP contribution in [0.1, 0.15) is 18.7 Å². The SMILES string of the molecule is CCNc1sc(C(C)=NO)cc1[N+](=O)[O-]. The maximum absolute atomic E-state index is 10.7. The van der Waals surface area contributed by atoms with Crippen molar-refractivity contribution in [1.82, 2.24) is 0 Å². The molecule has 0 bridgehead atoms. The molecular formula is C8H11N3O3S. The second-order valence-electron chi connectivity index (χ2n) is 2.80. The van der Waals surface area contributed by atoms with Gasteiger partial charge in [-0.25, -0.2) is 0 Å². The van der Waals surface area contributed by atoms with Gasteiger partial charge in [0.1, 0.15) is 0 Å². The number of thiophene rings is 1. The summed E-state index contributed by atoms with van der Waals surface area (Å²) in [6, 6.07) is 1.40. The van der Waals surface area contributed by atoms with E-state index in [2.05, 4.69) is 10.5 Å². The highest BCUT2D eigenvalue weighted by molar-refractivity contribution is 7.18. The molecule has 0 aliphatic rings. The Kier molecular flexibility index (Phi) is 3.62. The summed E-state index contributed by atoms with van der Waals surface area (Å²) in [6.45, 7) is 4.05. The van der Waals surface area contributed by atoms with Crippen LogP contribution in [0.4, 0.5) is 10.7 Å². The molecule has 0 aliphatic carbocycles. The Hall–Kier alpha value is -1.63. The van der Waals surface area contributed by atoms with Crippen molar-refractivity contribution in [2.75, 3.05) is 11.9 Å². The molecule has 1 heterocycles. The number of nitrogens with one attached hydrogen (secondary N) is 1. The van der Waals surface area contributed by atoms with Crippen molar-refractivity contribution in [1.29, 1.82) is 0 Å². The zero-order chi connectivity index (χ0) is 11.4. The van der Waals surface area contributed by atoms with E-state index < -0.39 is 4.92 Å². The molecule has 82 valence electrons. The van der Waals surface area contributed by atoms with Crippen LogP contribution < -0.4 is 5.32 Å². The molecule has 0 amide bonds. The number of nitro groups is 1. The van der Waals surface area contributed by atoms with E-state index in [1.54, 1.807) is 6.92 Å². The Labute approximate surface area is 90.4 Å². The second-order valence-corrected chi connectivity index (χ2v) is 3.85. The van der Waals surface area contributed by atoms with Gasteiger partial charge in [-0.1, -0.05) is 5.16 Å². The lowest BCUT2D eigenvalue weighted by Crippen LogP contribution is -1.97. The number of hydrogen-bond acceptors (Lipinski definition) is 6. The molecule has 1 rings (SSSR count). The first kappa shape index (κ1) is 11.4. The zero-order valence-corrected chi connectivity index (χ0v) is 9.17. The first-order valence-corrected chi connectivity index (χ1v) is 5.13. The Morgan fingerprint density at radius 3 is 2.93 bits per heavy atom. The number of oxime groups is 1. The lowest BCUT2D eigenvalue weighted by atomic mass is 10.3. The topological polar surface area (TPSA) is 87.8 Å². The van der Waals surface area contributed by atoms with Crippen molar-refractivity contribution in [2.45, 2.75) is 13.8 Å². The zero-order valence-electron chi connectivity index (χ0n) is 8.35. The first-order valence-electron chi connectivity index (χ1n) is 4.31. The van der Waals surface area contributed by atoms with Crippen molar-refractivity contribution >= 4 is 27.7 Å². The molecule has 1 aromatic heterocycles. The lowest BCUT2D eigenvalue weighted by Gasteiger charge is -1.96. The fourth-order valence-electron chi connectivity index (χ4n) is 1.03. The van der Waals surface area contributed by atoms with Crippen LogP contribution in [0.5, 0.6) is 0 Å². The summed E-state index contributed by atoms with van der Waals surface area (Å²) in [5.74, 6) is 0. The Morgan fingerprint density at radius 1 is 1.80 bits per heavy atom. The molecule has 0 spiro atoms. The van der Waals surface area contributed by atoms with Gasteiger partial charge in [0.05, 0.1) is 15.5 Å². The third kappa shape index (κ3) is 2.44. The minimum atomic E-state index is -0.456. The van der Waals surface area contributed by atoms with Crippen LogP contribution in [0.3, 0.4) is 0 Å². The van der Waals surface area contributed by atoms with Gasteiger partial charge in [0, 0.05) is 12.6 Å². The van der Waals surface area contributed by atoms with E-state index in [1.165, 1.54) is 17.4 Å². The Balaban J connectivity index is 3.14. The van der Waals surface area contributed by atoms with Crippen molar-refractivity contribution in [2.24, 2.45) is 5.16 Å². The van der Waals surface area contributed by atoms with Gasteiger partial charge in [0.2, 0.25) is 0 Å². The molecule has 15 heavy (non-hydrogen) atoms. The fraction of sp³-hybridized carbons (Fsp3) is 0.375. The number of hydrogen-bond donors (Lipinski definition) is 2. The van der Waals surface area contributed by atoms with Gasteiger partial charge in [-0.3, -0.25) is 10.1 Å². The normalized spacial score (nSPS) is 11.5. The second kappa shape index (κ2) is 4.74. The summed E-state index contributed by atoms with van der Waals surface area (Å²) in [4.78, 5) is 10.8. The summed E-state index contributed by atoms with van der Waals surface area (Å²) in [5, 5.41) is 25.6. The standard InChI is InChI=1S/C8H11N3O3S/c1-3-9-8-6(11(13)14)4-7(15-8)5(2)10-12/h4,9,12H,3H2,1-2H3. The lowest BCUT2D eigenvalue weighted by molar-refractivity contribution is -0.383. The van der Waals surface area contributed by atoms with Crippen molar-refractivity contribution < 1.29 is 10.1 Å². The molecule has 0 radical (unpaired) electrons. The molecular weight excluding hydrogens is 218 g/mol. The molecule has 0 atom stereocenters. The highest BCUT2D eigenvalue weighted by Crippen LogP contribution is 2.34. The molecule has 0 unspecified atom stereocenters. The highest BCUT2D eigenvalue weighted by atomic mass is 32.1. The van der Waals surface area contributed by atoms with E-state index in [1.807, 2.05) is 6.92 Å². The smallest absolute Gasteiger partial charge is 0.304 e. The third-order valence-electron chi connectivity index (χ3n) is 1.75. The summed E-state index contributed by atoms with van der Waals surface area (Å²) in [7, 11) is 0. The highest BCUT2D eigenvalue weighted by Gasteiger charge is 2.19. The number of rotatable bonds is 4. The predicted molar refractivity (Wildman–Crippen MR) is 59.1 cm³/mol. The molecule has 0 aromatic carbocycles. The van der Waals surface area contributed by atoms with Crippen molar-refractivity contribution in [3.63, 3.8) is 0 Å². The van der Waals surface area contributed by atoms with Gasteiger partial charge in [-0.05, 0) is 13.8 Å². The van der Waals surface area contributed by atoms with Gasteiger partial charge in [0.25, 0.3) is 0 Å².